The molecule has 0 fully saturated rings. The van der Waals surface area contributed by atoms with Crippen molar-refractivity contribution in [3.05, 3.63) is 180 Å². The number of allylic oxidation sites excluding steroid dienone is 2. The molecule has 0 N–H and O–H groups in total. The Hall–Kier alpha value is -6.92. The second-order valence-electron chi connectivity index (χ2n) is 13.5. The molecule has 4 heterocycles. The van der Waals surface area contributed by atoms with Gasteiger partial charge in [-0.15, -0.1) is 0 Å². The number of benzene rings is 6. The van der Waals surface area contributed by atoms with E-state index in [9.17, 15) is 4.79 Å². The van der Waals surface area contributed by atoms with Crippen LogP contribution in [0.15, 0.2) is 169 Å². The maximum atomic E-state index is 14.2. The SMILES string of the molecule is O=c1c2ccccc2c2c(-c3ccc4c(c3)C3C=CC=CC3N4c3nc(-c4ccccc4)c4ccccc4n3)ccc3nc(-c4ccccc4)n1c32. The number of nitrogens with zero attached hydrogens (tertiary/aromatic N) is 5. The number of imidazole rings is 1. The van der Waals surface area contributed by atoms with E-state index in [1.165, 1.54) is 5.56 Å². The molecule has 11 rings (SSSR count). The number of aromatic nitrogens is 4. The first-order valence-corrected chi connectivity index (χ1v) is 17.6. The van der Waals surface area contributed by atoms with Crippen molar-refractivity contribution in [2.75, 3.05) is 4.90 Å². The Labute approximate surface area is 298 Å². The average Bonchev–Trinajstić information content (AvgIpc) is 3.77. The molecule has 0 spiro atoms. The summed E-state index contributed by atoms with van der Waals surface area (Å²) in [5.74, 6) is 1.45. The van der Waals surface area contributed by atoms with E-state index < -0.39 is 0 Å². The number of pyridine rings is 1. The summed E-state index contributed by atoms with van der Waals surface area (Å²) in [7, 11) is 0. The topological polar surface area (TPSA) is 63.4 Å². The molecule has 1 aliphatic carbocycles. The molecule has 0 amide bonds. The van der Waals surface area contributed by atoms with E-state index >= 15 is 0 Å². The molecule has 0 saturated carbocycles. The highest BCUT2D eigenvalue weighted by molar-refractivity contribution is 6.17. The Kier molecular flexibility index (Phi) is 6.13. The van der Waals surface area contributed by atoms with Gasteiger partial charge in [-0.2, -0.15) is 0 Å². The molecule has 9 aromatic rings. The third kappa shape index (κ3) is 4.12. The van der Waals surface area contributed by atoms with Gasteiger partial charge < -0.3 is 4.90 Å². The highest BCUT2D eigenvalue weighted by Crippen LogP contribution is 2.49. The van der Waals surface area contributed by atoms with Crippen molar-refractivity contribution in [1.82, 2.24) is 19.4 Å². The van der Waals surface area contributed by atoms with E-state index in [4.69, 9.17) is 15.0 Å². The normalized spacial score (nSPS) is 16.3. The molecule has 244 valence electrons. The second kappa shape index (κ2) is 11.0. The van der Waals surface area contributed by atoms with Crippen LogP contribution in [0.5, 0.6) is 0 Å². The standard InChI is InChI=1S/C46H29N5O/c52-45-34-19-8-7-18-33(34)41-31(24-25-38-43(41)51(45)44(47-38)29-15-5-2-6-16-29)30-23-26-40-36(27-30)32-17-10-12-22-39(32)50(40)46-48-37-21-11-9-20-35(37)42(49-46)28-13-3-1-4-14-28/h1-27,32,39H. The minimum absolute atomic E-state index is 0.0223. The van der Waals surface area contributed by atoms with Gasteiger partial charge in [0.2, 0.25) is 5.95 Å². The molecule has 2 unspecified atom stereocenters. The smallest absolute Gasteiger partial charge is 0.264 e. The van der Waals surface area contributed by atoms with Gasteiger partial charge in [0.05, 0.1) is 28.3 Å². The van der Waals surface area contributed by atoms with Crippen LogP contribution in [0, 0.1) is 0 Å². The molecule has 0 saturated heterocycles. The molecule has 3 aromatic heterocycles. The Morgan fingerprint density at radius 2 is 1.27 bits per heavy atom. The minimum Gasteiger partial charge on any atom is -0.302 e. The van der Waals surface area contributed by atoms with Crippen molar-refractivity contribution in [2.45, 2.75) is 12.0 Å². The molecule has 0 bridgehead atoms. The summed E-state index contributed by atoms with van der Waals surface area (Å²) in [5.41, 5.74) is 9.85. The van der Waals surface area contributed by atoms with Gasteiger partial charge in [0.15, 0.2) is 0 Å². The summed E-state index contributed by atoms with van der Waals surface area (Å²) >= 11 is 0. The van der Waals surface area contributed by atoms with Gasteiger partial charge in [-0.05, 0) is 52.4 Å². The summed E-state index contributed by atoms with van der Waals surface area (Å²) in [4.78, 5) is 31.9. The van der Waals surface area contributed by atoms with Crippen LogP contribution in [0.25, 0.3) is 71.9 Å². The third-order valence-corrected chi connectivity index (χ3v) is 10.7. The lowest BCUT2D eigenvalue weighted by Gasteiger charge is -2.27. The van der Waals surface area contributed by atoms with Gasteiger partial charge in [-0.25, -0.2) is 15.0 Å². The minimum atomic E-state index is -0.0570. The maximum Gasteiger partial charge on any atom is 0.264 e. The van der Waals surface area contributed by atoms with Gasteiger partial charge >= 0.3 is 0 Å². The van der Waals surface area contributed by atoms with Gasteiger partial charge in [-0.1, -0.05) is 133 Å². The fourth-order valence-electron chi connectivity index (χ4n) is 8.39. The second-order valence-corrected chi connectivity index (χ2v) is 13.5. The summed E-state index contributed by atoms with van der Waals surface area (Å²) in [6.45, 7) is 0. The first-order chi connectivity index (χ1) is 25.7. The van der Waals surface area contributed by atoms with Crippen LogP contribution in [0.1, 0.15) is 11.5 Å². The Morgan fingerprint density at radius 3 is 2.10 bits per heavy atom. The number of hydrogen-bond donors (Lipinski definition) is 0. The molecule has 6 aromatic carbocycles. The van der Waals surface area contributed by atoms with E-state index in [1.807, 2.05) is 71.1 Å². The van der Waals surface area contributed by atoms with Crippen LogP contribution in [0.4, 0.5) is 11.6 Å². The van der Waals surface area contributed by atoms with Gasteiger partial charge in [0.1, 0.15) is 5.82 Å². The first kappa shape index (κ1) is 28.9. The zero-order valence-corrected chi connectivity index (χ0v) is 27.9. The lowest BCUT2D eigenvalue weighted by atomic mass is 9.89. The van der Waals surface area contributed by atoms with Crippen LogP contribution < -0.4 is 10.5 Å². The third-order valence-electron chi connectivity index (χ3n) is 10.7. The molecule has 52 heavy (non-hydrogen) atoms. The number of para-hydroxylation sites is 1. The first-order valence-electron chi connectivity index (χ1n) is 17.6. The zero-order valence-electron chi connectivity index (χ0n) is 27.9. The molecule has 6 nitrogen and oxygen atoms in total. The number of hydrogen-bond acceptors (Lipinski definition) is 5. The predicted octanol–water partition coefficient (Wildman–Crippen LogP) is 10.1. The van der Waals surface area contributed by atoms with E-state index in [0.29, 0.717) is 17.2 Å². The Balaban J connectivity index is 1.13. The monoisotopic (exact) mass is 667 g/mol. The molecule has 2 atom stereocenters. The van der Waals surface area contributed by atoms with Gasteiger partial charge in [0, 0.05) is 38.9 Å². The average molecular weight is 668 g/mol. The quantitative estimate of drug-likeness (QED) is 0.175. The van der Waals surface area contributed by atoms with E-state index in [-0.39, 0.29) is 17.5 Å². The molecule has 0 radical (unpaired) electrons. The number of anilines is 2. The van der Waals surface area contributed by atoms with Crippen LogP contribution >= 0.6 is 0 Å². The summed E-state index contributed by atoms with van der Waals surface area (Å²) in [6.07, 6.45) is 8.80. The zero-order chi connectivity index (χ0) is 34.3. The lowest BCUT2D eigenvalue weighted by molar-refractivity contribution is 0.731. The number of fused-ring (bicyclic) bond motifs is 6. The van der Waals surface area contributed by atoms with Crippen LogP contribution in [-0.4, -0.2) is 25.4 Å². The molecular formula is C46H29N5O. The van der Waals surface area contributed by atoms with E-state index in [2.05, 4.69) is 102 Å². The van der Waals surface area contributed by atoms with Crippen molar-refractivity contribution >= 4 is 49.7 Å². The van der Waals surface area contributed by atoms with Crippen LogP contribution in [-0.2, 0) is 0 Å². The largest absolute Gasteiger partial charge is 0.302 e. The molecule has 2 aliphatic rings. The number of rotatable bonds is 4. The fraction of sp³-hybridized carbons (Fsp3) is 0.0435. The van der Waals surface area contributed by atoms with Crippen molar-refractivity contribution < 1.29 is 0 Å². The Morgan fingerprint density at radius 1 is 0.558 bits per heavy atom. The molecule has 6 heteroatoms. The van der Waals surface area contributed by atoms with E-state index in [0.717, 1.165) is 66.3 Å². The highest BCUT2D eigenvalue weighted by Gasteiger charge is 2.39. The van der Waals surface area contributed by atoms with Gasteiger partial charge in [-0.3, -0.25) is 9.20 Å². The van der Waals surface area contributed by atoms with Crippen molar-refractivity contribution in [1.29, 1.82) is 0 Å². The fourth-order valence-corrected chi connectivity index (χ4v) is 8.39. The lowest BCUT2D eigenvalue weighted by Crippen LogP contribution is -2.30. The molecular weight excluding hydrogens is 639 g/mol. The summed E-state index contributed by atoms with van der Waals surface area (Å²) < 4.78 is 1.81. The Bertz CT molecular complexity index is 3000. The maximum absolute atomic E-state index is 14.2. The van der Waals surface area contributed by atoms with Crippen molar-refractivity contribution in [3.63, 3.8) is 0 Å². The highest BCUT2D eigenvalue weighted by atomic mass is 16.1. The van der Waals surface area contributed by atoms with E-state index in [1.54, 1.807) is 0 Å². The predicted molar refractivity (Wildman–Crippen MR) is 210 cm³/mol. The van der Waals surface area contributed by atoms with Crippen molar-refractivity contribution in [3.8, 4) is 33.8 Å². The van der Waals surface area contributed by atoms with Crippen molar-refractivity contribution in [2.24, 2.45) is 0 Å². The summed E-state index contributed by atoms with van der Waals surface area (Å²) in [5, 5.41) is 3.66. The summed E-state index contributed by atoms with van der Waals surface area (Å²) in [6, 6.07) is 47.5. The molecule has 1 aliphatic heterocycles. The van der Waals surface area contributed by atoms with Crippen LogP contribution in [0.3, 0.4) is 0 Å². The van der Waals surface area contributed by atoms with Crippen LogP contribution in [0.2, 0.25) is 0 Å². The van der Waals surface area contributed by atoms with Gasteiger partial charge in [0.25, 0.3) is 5.56 Å².